The highest BCUT2D eigenvalue weighted by Gasteiger charge is 2.27. The molecule has 0 saturated heterocycles. The highest BCUT2D eigenvalue weighted by molar-refractivity contribution is 6.05. The minimum absolute atomic E-state index is 0.219. The zero-order valence-corrected chi connectivity index (χ0v) is 12.4. The van der Waals surface area contributed by atoms with Crippen LogP contribution in [0.1, 0.15) is 51.6 Å². The maximum atomic E-state index is 12.6. The van der Waals surface area contributed by atoms with Crippen LogP contribution in [-0.2, 0) is 7.05 Å². The third-order valence-corrected chi connectivity index (χ3v) is 4.13. The van der Waals surface area contributed by atoms with E-state index in [9.17, 15) is 9.59 Å². The first kappa shape index (κ1) is 14.3. The van der Waals surface area contributed by atoms with Gasteiger partial charge in [0.1, 0.15) is 5.69 Å². The number of nitrogens with two attached hydrogens (primary N) is 1. The van der Waals surface area contributed by atoms with Gasteiger partial charge in [-0.2, -0.15) is 5.10 Å². The first-order chi connectivity index (χ1) is 10.6. The third kappa shape index (κ3) is 2.59. The lowest BCUT2D eigenvalue weighted by Crippen LogP contribution is -2.21. The Balaban J connectivity index is 1.84. The first-order valence-corrected chi connectivity index (χ1v) is 7.29. The van der Waals surface area contributed by atoms with Crippen LogP contribution in [0.4, 0.5) is 5.69 Å². The van der Waals surface area contributed by atoms with Gasteiger partial charge in [-0.05, 0) is 37.0 Å². The van der Waals surface area contributed by atoms with Crippen LogP contribution in [-0.4, -0.2) is 21.6 Å². The smallest absolute Gasteiger partial charge is 0.274 e. The van der Waals surface area contributed by atoms with Crippen molar-refractivity contribution in [2.75, 3.05) is 5.32 Å². The number of aryl methyl sites for hydroxylation is 1. The number of rotatable bonds is 4. The van der Waals surface area contributed by atoms with Crippen LogP contribution in [0.3, 0.4) is 0 Å². The van der Waals surface area contributed by atoms with E-state index in [0.717, 1.165) is 18.4 Å². The van der Waals surface area contributed by atoms with Crippen LogP contribution in [0, 0.1) is 0 Å². The van der Waals surface area contributed by atoms with Gasteiger partial charge in [-0.15, -0.1) is 0 Å². The molecular formula is C16H18N4O2. The zero-order valence-electron chi connectivity index (χ0n) is 12.4. The molecule has 0 bridgehead atoms. The van der Waals surface area contributed by atoms with Crippen LogP contribution >= 0.6 is 0 Å². The van der Waals surface area contributed by atoms with Gasteiger partial charge in [0.25, 0.3) is 5.91 Å². The normalized spacial score (nSPS) is 14.4. The maximum Gasteiger partial charge on any atom is 0.274 e. The number of carbonyl (C=O) groups is 2. The number of benzene rings is 1. The molecule has 114 valence electrons. The Labute approximate surface area is 128 Å². The summed E-state index contributed by atoms with van der Waals surface area (Å²) in [5.74, 6) is -0.318. The van der Waals surface area contributed by atoms with Crippen molar-refractivity contribution >= 4 is 17.5 Å². The monoisotopic (exact) mass is 298 g/mol. The van der Waals surface area contributed by atoms with E-state index in [4.69, 9.17) is 5.73 Å². The number of nitrogens with one attached hydrogen (secondary N) is 1. The Morgan fingerprint density at radius 2 is 2.14 bits per heavy atom. The fraction of sp³-hybridized carbons (Fsp3) is 0.312. The van der Waals surface area contributed by atoms with Crippen LogP contribution < -0.4 is 11.1 Å². The van der Waals surface area contributed by atoms with Crippen molar-refractivity contribution in [3.05, 3.63) is 47.3 Å². The van der Waals surface area contributed by atoms with E-state index in [2.05, 4.69) is 10.4 Å². The number of carbonyl (C=O) groups excluding carboxylic acids is 2. The molecule has 1 aliphatic rings. The molecule has 2 amide bonds. The molecule has 1 aliphatic carbocycles. The molecule has 1 fully saturated rings. The first-order valence-electron chi connectivity index (χ1n) is 7.29. The SMILES string of the molecule is Cn1ncc(C2CCC2)c1C(=O)Nc1cccc(C(N)=O)c1. The number of hydrogen-bond acceptors (Lipinski definition) is 3. The molecule has 22 heavy (non-hydrogen) atoms. The standard InChI is InChI=1S/C16H18N4O2/c1-20-14(13(9-18-20)10-4-2-5-10)16(22)19-12-7-3-6-11(8-12)15(17)21/h3,6-10H,2,4-5H2,1H3,(H2,17,21)(H,19,22). The maximum absolute atomic E-state index is 12.6. The van der Waals surface area contributed by atoms with Gasteiger partial charge in [-0.1, -0.05) is 12.5 Å². The Kier molecular flexibility index (Phi) is 3.66. The van der Waals surface area contributed by atoms with Crippen molar-refractivity contribution in [1.82, 2.24) is 9.78 Å². The molecule has 2 aromatic rings. The van der Waals surface area contributed by atoms with Gasteiger partial charge in [0.2, 0.25) is 5.91 Å². The second-order valence-electron chi connectivity index (χ2n) is 5.60. The van der Waals surface area contributed by atoms with Gasteiger partial charge in [0, 0.05) is 23.9 Å². The van der Waals surface area contributed by atoms with Gasteiger partial charge in [-0.3, -0.25) is 14.3 Å². The number of hydrogen-bond donors (Lipinski definition) is 2. The topological polar surface area (TPSA) is 90.0 Å². The summed E-state index contributed by atoms with van der Waals surface area (Å²) in [6.07, 6.45) is 5.17. The number of amides is 2. The highest BCUT2D eigenvalue weighted by atomic mass is 16.2. The fourth-order valence-corrected chi connectivity index (χ4v) is 2.69. The van der Waals surface area contributed by atoms with E-state index >= 15 is 0 Å². The summed E-state index contributed by atoms with van der Waals surface area (Å²) in [7, 11) is 1.76. The Bertz CT molecular complexity index is 731. The largest absolute Gasteiger partial charge is 0.366 e. The second kappa shape index (κ2) is 5.63. The Morgan fingerprint density at radius 1 is 1.36 bits per heavy atom. The van der Waals surface area contributed by atoms with Crippen LogP contribution in [0.2, 0.25) is 0 Å². The fourth-order valence-electron chi connectivity index (χ4n) is 2.69. The zero-order chi connectivity index (χ0) is 15.7. The van der Waals surface area contributed by atoms with E-state index in [1.165, 1.54) is 6.42 Å². The van der Waals surface area contributed by atoms with Crippen molar-refractivity contribution in [3.63, 3.8) is 0 Å². The minimum Gasteiger partial charge on any atom is -0.366 e. The summed E-state index contributed by atoms with van der Waals surface area (Å²) in [6.45, 7) is 0. The van der Waals surface area contributed by atoms with E-state index < -0.39 is 5.91 Å². The molecule has 0 aliphatic heterocycles. The summed E-state index contributed by atoms with van der Waals surface area (Å²) in [5.41, 5.74) is 7.74. The van der Waals surface area contributed by atoms with Crippen molar-refractivity contribution < 1.29 is 9.59 Å². The minimum atomic E-state index is -0.521. The van der Waals surface area contributed by atoms with Crippen molar-refractivity contribution in [1.29, 1.82) is 0 Å². The van der Waals surface area contributed by atoms with Gasteiger partial charge < -0.3 is 11.1 Å². The van der Waals surface area contributed by atoms with Crippen molar-refractivity contribution in [3.8, 4) is 0 Å². The van der Waals surface area contributed by atoms with Gasteiger partial charge >= 0.3 is 0 Å². The lowest BCUT2D eigenvalue weighted by molar-refractivity contribution is 0.0994. The molecule has 1 aromatic carbocycles. The second-order valence-corrected chi connectivity index (χ2v) is 5.60. The molecule has 3 N–H and O–H groups in total. The summed E-state index contributed by atoms with van der Waals surface area (Å²) < 4.78 is 1.60. The van der Waals surface area contributed by atoms with Crippen LogP contribution in [0.25, 0.3) is 0 Å². The van der Waals surface area contributed by atoms with E-state index in [1.54, 1.807) is 42.2 Å². The molecule has 1 heterocycles. The van der Waals surface area contributed by atoms with Gasteiger partial charge in [-0.25, -0.2) is 0 Å². The van der Waals surface area contributed by atoms with Gasteiger partial charge in [0.15, 0.2) is 0 Å². The predicted molar refractivity (Wildman–Crippen MR) is 82.7 cm³/mol. The Morgan fingerprint density at radius 3 is 2.77 bits per heavy atom. The quantitative estimate of drug-likeness (QED) is 0.905. The van der Waals surface area contributed by atoms with E-state index in [0.29, 0.717) is 22.9 Å². The molecule has 6 heteroatoms. The molecule has 1 aromatic heterocycles. The van der Waals surface area contributed by atoms with Crippen molar-refractivity contribution in [2.45, 2.75) is 25.2 Å². The lowest BCUT2D eigenvalue weighted by Gasteiger charge is -2.25. The highest BCUT2D eigenvalue weighted by Crippen LogP contribution is 2.37. The summed E-state index contributed by atoms with van der Waals surface area (Å²) >= 11 is 0. The molecule has 0 radical (unpaired) electrons. The molecule has 6 nitrogen and oxygen atoms in total. The number of primary amides is 1. The number of nitrogens with zero attached hydrogens (tertiary/aromatic N) is 2. The molecule has 3 rings (SSSR count). The number of aromatic nitrogens is 2. The molecule has 0 spiro atoms. The lowest BCUT2D eigenvalue weighted by atomic mass is 9.80. The Hall–Kier alpha value is -2.63. The van der Waals surface area contributed by atoms with Crippen LogP contribution in [0.5, 0.6) is 0 Å². The average molecular weight is 298 g/mol. The molecular weight excluding hydrogens is 280 g/mol. The average Bonchev–Trinajstić information content (AvgIpc) is 2.79. The summed E-state index contributed by atoms with van der Waals surface area (Å²) in [4.78, 5) is 23.8. The predicted octanol–water partition coefficient (Wildman–Crippen LogP) is 2.04. The molecule has 0 atom stereocenters. The van der Waals surface area contributed by atoms with E-state index in [-0.39, 0.29) is 5.91 Å². The summed E-state index contributed by atoms with van der Waals surface area (Å²) in [6, 6.07) is 6.59. The molecule has 1 saturated carbocycles. The summed E-state index contributed by atoms with van der Waals surface area (Å²) in [5, 5.41) is 7.03. The van der Waals surface area contributed by atoms with Gasteiger partial charge in [0.05, 0.1) is 6.20 Å². The van der Waals surface area contributed by atoms with E-state index in [1.807, 2.05) is 0 Å². The third-order valence-electron chi connectivity index (χ3n) is 4.13. The van der Waals surface area contributed by atoms with Crippen LogP contribution in [0.15, 0.2) is 30.5 Å². The molecule has 0 unspecified atom stereocenters. The number of anilines is 1. The van der Waals surface area contributed by atoms with Crippen molar-refractivity contribution in [2.24, 2.45) is 12.8 Å².